The van der Waals surface area contributed by atoms with Crippen LogP contribution in [-0.4, -0.2) is 23.7 Å². The summed E-state index contributed by atoms with van der Waals surface area (Å²) in [6.07, 6.45) is 0. The molecule has 0 aliphatic carbocycles. The van der Waals surface area contributed by atoms with Gasteiger partial charge in [-0.3, -0.25) is 4.79 Å². The fraction of sp³-hybridized carbons (Fsp3) is 0.273. The number of carbonyl (C=O) groups is 2. The zero-order chi connectivity index (χ0) is 12.0. The summed E-state index contributed by atoms with van der Waals surface area (Å²) in [5.41, 5.74) is 0.669. The lowest BCUT2D eigenvalue weighted by atomic mass is 10.2. The predicted octanol–water partition coefficient (Wildman–Crippen LogP) is 1.53. The number of carbonyl (C=O) groups excluding carboxylic acids is 1. The Balaban J connectivity index is 2.35. The van der Waals surface area contributed by atoms with Crippen LogP contribution in [0.1, 0.15) is 6.92 Å². The van der Waals surface area contributed by atoms with E-state index in [4.69, 9.17) is 5.11 Å². The second-order valence-electron chi connectivity index (χ2n) is 3.44. The third-order valence-corrected chi connectivity index (χ3v) is 2.02. The molecule has 0 saturated heterocycles. The van der Waals surface area contributed by atoms with Crippen LogP contribution >= 0.6 is 0 Å². The Morgan fingerprint density at radius 1 is 1.31 bits per heavy atom. The van der Waals surface area contributed by atoms with E-state index >= 15 is 0 Å². The van der Waals surface area contributed by atoms with Crippen molar-refractivity contribution in [3.8, 4) is 0 Å². The van der Waals surface area contributed by atoms with Gasteiger partial charge in [-0.2, -0.15) is 0 Å². The van der Waals surface area contributed by atoms with E-state index in [0.29, 0.717) is 5.69 Å². The molecule has 2 amide bonds. The lowest BCUT2D eigenvalue weighted by Crippen LogP contribution is -2.34. The maximum atomic E-state index is 11.3. The quantitative estimate of drug-likeness (QED) is 0.722. The smallest absolute Gasteiger partial charge is 0.319 e. The molecule has 1 rings (SSSR count). The van der Waals surface area contributed by atoms with E-state index in [1.54, 1.807) is 24.3 Å². The van der Waals surface area contributed by atoms with E-state index in [1.165, 1.54) is 6.92 Å². The summed E-state index contributed by atoms with van der Waals surface area (Å²) >= 11 is 0. The van der Waals surface area contributed by atoms with Crippen molar-refractivity contribution in [3.63, 3.8) is 0 Å². The molecule has 5 nitrogen and oxygen atoms in total. The second-order valence-corrected chi connectivity index (χ2v) is 3.44. The molecular weight excluding hydrogens is 208 g/mol. The Morgan fingerprint density at radius 3 is 2.50 bits per heavy atom. The molecule has 0 spiro atoms. The largest absolute Gasteiger partial charge is 0.481 e. The summed E-state index contributed by atoms with van der Waals surface area (Å²) in [5.74, 6) is -1.53. The van der Waals surface area contributed by atoms with Crippen LogP contribution in [0.4, 0.5) is 10.5 Å². The number of anilines is 1. The van der Waals surface area contributed by atoms with Gasteiger partial charge in [0.25, 0.3) is 0 Å². The third-order valence-electron chi connectivity index (χ3n) is 2.02. The highest BCUT2D eigenvalue weighted by Gasteiger charge is 2.11. The SMILES string of the molecule is C[C@@H](CNC(=O)Nc1ccccc1)C(=O)O. The van der Waals surface area contributed by atoms with Crippen molar-refractivity contribution in [3.05, 3.63) is 30.3 Å². The average molecular weight is 222 g/mol. The Hall–Kier alpha value is -2.04. The number of amides is 2. The van der Waals surface area contributed by atoms with Gasteiger partial charge in [0.15, 0.2) is 0 Å². The van der Waals surface area contributed by atoms with Crippen molar-refractivity contribution >= 4 is 17.7 Å². The van der Waals surface area contributed by atoms with E-state index in [9.17, 15) is 9.59 Å². The van der Waals surface area contributed by atoms with Gasteiger partial charge in [-0.05, 0) is 12.1 Å². The van der Waals surface area contributed by atoms with Gasteiger partial charge in [0.1, 0.15) is 0 Å². The van der Waals surface area contributed by atoms with E-state index < -0.39 is 17.9 Å². The van der Waals surface area contributed by atoms with Crippen LogP contribution in [0.2, 0.25) is 0 Å². The van der Waals surface area contributed by atoms with Crippen molar-refractivity contribution in [2.45, 2.75) is 6.92 Å². The fourth-order valence-corrected chi connectivity index (χ4v) is 1.03. The second kappa shape index (κ2) is 5.75. The van der Waals surface area contributed by atoms with Gasteiger partial charge in [0.2, 0.25) is 0 Å². The molecule has 1 aromatic rings. The molecule has 0 heterocycles. The first-order valence-corrected chi connectivity index (χ1v) is 4.92. The normalized spacial score (nSPS) is 11.6. The number of hydrogen-bond acceptors (Lipinski definition) is 2. The first-order valence-electron chi connectivity index (χ1n) is 4.92. The Kier molecular flexibility index (Phi) is 4.32. The van der Waals surface area contributed by atoms with Gasteiger partial charge >= 0.3 is 12.0 Å². The zero-order valence-corrected chi connectivity index (χ0v) is 8.93. The van der Waals surface area contributed by atoms with E-state index in [-0.39, 0.29) is 6.54 Å². The summed E-state index contributed by atoms with van der Waals surface area (Å²) in [5, 5.41) is 13.7. The van der Waals surface area contributed by atoms with Gasteiger partial charge < -0.3 is 15.7 Å². The molecule has 1 atom stereocenters. The van der Waals surface area contributed by atoms with Crippen molar-refractivity contribution in [1.82, 2.24) is 5.32 Å². The Morgan fingerprint density at radius 2 is 1.94 bits per heavy atom. The summed E-state index contributed by atoms with van der Waals surface area (Å²) in [6, 6.07) is 8.54. The molecule has 5 heteroatoms. The number of aliphatic carboxylic acids is 1. The number of para-hydroxylation sites is 1. The van der Waals surface area contributed by atoms with Crippen molar-refractivity contribution < 1.29 is 14.7 Å². The molecule has 3 N–H and O–H groups in total. The first-order chi connectivity index (χ1) is 7.59. The molecule has 0 unspecified atom stereocenters. The Labute approximate surface area is 93.5 Å². The number of nitrogens with one attached hydrogen (secondary N) is 2. The fourth-order valence-electron chi connectivity index (χ4n) is 1.03. The predicted molar refractivity (Wildman–Crippen MR) is 60.3 cm³/mol. The highest BCUT2D eigenvalue weighted by atomic mass is 16.4. The summed E-state index contributed by atoms with van der Waals surface area (Å²) in [6.45, 7) is 1.64. The molecule has 86 valence electrons. The minimum absolute atomic E-state index is 0.105. The van der Waals surface area contributed by atoms with Gasteiger partial charge in [-0.1, -0.05) is 25.1 Å². The molecule has 0 aliphatic heterocycles. The van der Waals surface area contributed by atoms with Crippen LogP contribution in [0, 0.1) is 5.92 Å². The van der Waals surface area contributed by atoms with Crippen molar-refractivity contribution in [2.24, 2.45) is 5.92 Å². The molecule has 0 radical (unpaired) electrons. The van der Waals surface area contributed by atoms with Gasteiger partial charge in [0.05, 0.1) is 5.92 Å². The molecule has 0 bridgehead atoms. The molecule has 1 aromatic carbocycles. The average Bonchev–Trinajstić information content (AvgIpc) is 2.27. The number of carboxylic acids is 1. The summed E-state index contributed by atoms with van der Waals surface area (Å²) in [7, 11) is 0. The maximum Gasteiger partial charge on any atom is 0.319 e. The highest BCUT2D eigenvalue weighted by Crippen LogP contribution is 2.04. The lowest BCUT2D eigenvalue weighted by molar-refractivity contribution is -0.140. The molecule has 0 aliphatic rings. The summed E-state index contributed by atoms with van der Waals surface area (Å²) in [4.78, 5) is 21.8. The monoisotopic (exact) mass is 222 g/mol. The zero-order valence-electron chi connectivity index (χ0n) is 8.93. The topological polar surface area (TPSA) is 78.4 Å². The number of hydrogen-bond donors (Lipinski definition) is 3. The van der Waals surface area contributed by atoms with E-state index in [2.05, 4.69) is 10.6 Å². The van der Waals surface area contributed by atoms with Crippen LogP contribution in [0.25, 0.3) is 0 Å². The van der Waals surface area contributed by atoms with Gasteiger partial charge in [-0.25, -0.2) is 4.79 Å². The highest BCUT2D eigenvalue weighted by molar-refractivity contribution is 5.89. The standard InChI is InChI=1S/C11H14N2O3/c1-8(10(14)15)7-12-11(16)13-9-5-3-2-4-6-9/h2-6,8H,7H2,1H3,(H,14,15)(H2,12,13,16)/t8-/m0/s1. The summed E-state index contributed by atoms with van der Waals surface area (Å²) < 4.78 is 0. The molecular formula is C11H14N2O3. The third kappa shape index (κ3) is 4.00. The molecule has 0 fully saturated rings. The molecule has 0 aromatic heterocycles. The minimum atomic E-state index is -0.931. The van der Waals surface area contributed by atoms with E-state index in [0.717, 1.165) is 0 Å². The molecule has 0 saturated carbocycles. The van der Waals surface area contributed by atoms with Crippen LogP contribution in [-0.2, 0) is 4.79 Å². The number of benzene rings is 1. The van der Waals surface area contributed by atoms with Crippen LogP contribution < -0.4 is 10.6 Å². The number of carboxylic acid groups (broad SMARTS) is 1. The maximum absolute atomic E-state index is 11.3. The number of rotatable bonds is 4. The van der Waals surface area contributed by atoms with Gasteiger partial charge in [-0.15, -0.1) is 0 Å². The number of urea groups is 1. The Bertz CT molecular complexity index is 365. The van der Waals surface area contributed by atoms with E-state index in [1.807, 2.05) is 6.07 Å². The van der Waals surface area contributed by atoms with Crippen LogP contribution in [0.3, 0.4) is 0 Å². The van der Waals surface area contributed by atoms with Crippen molar-refractivity contribution in [2.75, 3.05) is 11.9 Å². The lowest BCUT2D eigenvalue weighted by Gasteiger charge is -2.09. The molecule has 16 heavy (non-hydrogen) atoms. The van der Waals surface area contributed by atoms with Crippen LogP contribution in [0.15, 0.2) is 30.3 Å². The van der Waals surface area contributed by atoms with Gasteiger partial charge in [0, 0.05) is 12.2 Å². The van der Waals surface area contributed by atoms with Crippen molar-refractivity contribution in [1.29, 1.82) is 0 Å². The van der Waals surface area contributed by atoms with Crippen LogP contribution in [0.5, 0.6) is 0 Å². The minimum Gasteiger partial charge on any atom is -0.481 e. The first kappa shape index (κ1) is 12.0.